The van der Waals surface area contributed by atoms with E-state index >= 15 is 0 Å². The molecular weight excluding hydrogens is 446 g/mol. The minimum Gasteiger partial charge on any atom is -0.455 e. The van der Waals surface area contributed by atoms with Crippen LogP contribution in [-0.2, 0) is 14.3 Å². The van der Waals surface area contributed by atoms with Gasteiger partial charge in [0, 0.05) is 12.6 Å². The quantitative estimate of drug-likeness (QED) is 0.238. The lowest BCUT2D eigenvalue weighted by Crippen LogP contribution is -2.39. The van der Waals surface area contributed by atoms with Crippen LogP contribution in [-0.4, -0.2) is 62.2 Å². The van der Waals surface area contributed by atoms with Gasteiger partial charge in [-0.15, -0.1) is 0 Å². The van der Waals surface area contributed by atoms with Crippen LogP contribution in [0, 0.1) is 0 Å². The van der Waals surface area contributed by atoms with E-state index in [9.17, 15) is 19.8 Å². The van der Waals surface area contributed by atoms with Gasteiger partial charge in [-0.05, 0) is 30.4 Å². The summed E-state index contributed by atoms with van der Waals surface area (Å²) in [4.78, 5) is 28.2. The average molecular weight is 486 g/mol. The highest BCUT2D eigenvalue weighted by molar-refractivity contribution is 7.99. The minimum atomic E-state index is -1.26. The number of hydrogen-bond acceptors (Lipinski definition) is 9. The fourth-order valence-electron chi connectivity index (χ4n) is 3.91. The summed E-state index contributed by atoms with van der Waals surface area (Å²) in [5.74, 6) is 2.05. The van der Waals surface area contributed by atoms with E-state index in [2.05, 4.69) is 11.9 Å². The minimum absolute atomic E-state index is 0.0492. The lowest BCUT2D eigenvalue weighted by Gasteiger charge is -2.22. The average Bonchev–Trinajstić information content (AvgIpc) is 3.09. The maximum Gasteiger partial charge on any atom is 0.351 e. The third-order valence-corrected chi connectivity index (χ3v) is 6.75. The fourth-order valence-corrected chi connectivity index (χ4v) is 4.60. The number of unbranched alkanes of at least 4 members (excludes halogenated alkanes) is 8. The second-order valence-corrected chi connectivity index (χ2v) is 9.76. The predicted molar refractivity (Wildman–Crippen MR) is 129 cm³/mol. The second-order valence-electron chi connectivity index (χ2n) is 8.36. The molecule has 10 heteroatoms. The summed E-state index contributed by atoms with van der Waals surface area (Å²) in [6, 6.07) is 1.41. The molecule has 0 saturated carbocycles. The van der Waals surface area contributed by atoms with E-state index in [0.717, 1.165) is 17.4 Å². The molecule has 33 heavy (non-hydrogen) atoms. The largest absolute Gasteiger partial charge is 0.455 e. The van der Waals surface area contributed by atoms with Gasteiger partial charge in [-0.3, -0.25) is 9.36 Å². The van der Waals surface area contributed by atoms with Gasteiger partial charge in [0.05, 0.1) is 6.61 Å². The third-order valence-electron chi connectivity index (χ3n) is 5.76. The number of nitrogens with two attached hydrogens (primary N) is 1. The molecule has 0 aliphatic carbocycles. The Labute approximate surface area is 200 Å². The van der Waals surface area contributed by atoms with Crippen LogP contribution in [0.25, 0.3) is 0 Å². The van der Waals surface area contributed by atoms with E-state index in [0.29, 0.717) is 6.42 Å². The Morgan fingerprint density at radius 2 is 1.82 bits per heavy atom. The van der Waals surface area contributed by atoms with Gasteiger partial charge in [0.15, 0.2) is 12.3 Å². The van der Waals surface area contributed by atoms with E-state index in [1.54, 1.807) is 0 Å². The van der Waals surface area contributed by atoms with Crippen LogP contribution in [0.1, 0.15) is 77.4 Å². The van der Waals surface area contributed by atoms with Crippen LogP contribution in [0.15, 0.2) is 17.1 Å². The summed E-state index contributed by atoms with van der Waals surface area (Å²) >= 11 is 2.01. The second kappa shape index (κ2) is 15.3. The topological polar surface area (TPSA) is 137 Å². The Balaban J connectivity index is 1.68. The number of hydrogen-bond donors (Lipinski definition) is 3. The van der Waals surface area contributed by atoms with Gasteiger partial charge < -0.3 is 25.4 Å². The van der Waals surface area contributed by atoms with Crippen molar-refractivity contribution < 1.29 is 24.5 Å². The summed E-state index contributed by atoms with van der Waals surface area (Å²) in [6.45, 7) is 1.72. The fraction of sp³-hybridized carbons (Fsp3) is 0.783. The van der Waals surface area contributed by atoms with Crippen LogP contribution in [0.4, 0.5) is 5.82 Å². The summed E-state index contributed by atoms with van der Waals surface area (Å²) < 4.78 is 12.1. The molecule has 4 atom stereocenters. The molecule has 0 aromatic carbocycles. The highest BCUT2D eigenvalue weighted by Crippen LogP contribution is 2.31. The van der Waals surface area contributed by atoms with Crippen molar-refractivity contribution in [3.05, 3.63) is 22.7 Å². The van der Waals surface area contributed by atoms with Crippen LogP contribution >= 0.6 is 11.8 Å². The van der Waals surface area contributed by atoms with Crippen molar-refractivity contribution in [2.24, 2.45) is 0 Å². The van der Waals surface area contributed by atoms with Crippen molar-refractivity contribution in [2.45, 2.75) is 95.7 Å². The van der Waals surface area contributed by atoms with Crippen LogP contribution in [0.5, 0.6) is 0 Å². The zero-order chi connectivity index (χ0) is 24.1. The van der Waals surface area contributed by atoms with Crippen molar-refractivity contribution in [2.75, 3.05) is 23.8 Å². The highest BCUT2D eigenvalue weighted by atomic mass is 32.2. The van der Waals surface area contributed by atoms with Crippen molar-refractivity contribution in [3.8, 4) is 0 Å². The molecule has 0 bridgehead atoms. The molecular formula is C23H39N3O6S. The van der Waals surface area contributed by atoms with Gasteiger partial charge >= 0.3 is 11.7 Å². The maximum absolute atomic E-state index is 12.4. The number of anilines is 1. The van der Waals surface area contributed by atoms with Crippen LogP contribution in [0.2, 0.25) is 0 Å². The Hall–Kier alpha value is -1.62. The van der Waals surface area contributed by atoms with Gasteiger partial charge in [-0.1, -0.05) is 51.9 Å². The molecule has 1 aromatic heterocycles. The first-order chi connectivity index (χ1) is 16.0. The van der Waals surface area contributed by atoms with E-state index in [1.807, 2.05) is 11.8 Å². The van der Waals surface area contributed by atoms with Crippen molar-refractivity contribution in [1.82, 2.24) is 9.55 Å². The molecule has 0 radical (unpaired) electrons. The van der Waals surface area contributed by atoms with E-state index in [4.69, 9.17) is 15.2 Å². The Morgan fingerprint density at radius 3 is 2.42 bits per heavy atom. The summed E-state index contributed by atoms with van der Waals surface area (Å²) in [5.41, 5.74) is 4.83. The Bertz CT molecular complexity index is 762. The zero-order valence-corrected chi connectivity index (χ0v) is 20.4. The number of aromatic nitrogens is 2. The molecule has 188 valence electrons. The smallest absolute Gasteiger partial charge is 0.351 e. The number of ether oxygens (including phenoxy) is 2. The number of thioether (sulfide) groups is 1. The molecule has 9 nitrogen and oxygen atoms in total. The monoisotopic (exact) mass is 485 g/mol. The summed E-state index contributed by atoms with van der Waals surface area (Å²) in [7, 11) is 0. The number of carbonyl (C=O) groups is 1. The van der Waals surface area contributed by atoms with E-state index < -0.39 is 42.8 Å². The molecule has 1 saturated heterocycles. The summed E-state index contributed by atoms with van der Waals surface area (Å²) in [5, 5.41) is 19.9. The van der Waals surface area contributed by atoms with Gasteiger partial charge in [0.1, 0.15) is 18.0 Å². The van der Waals surface area contributed by atoms with Gasteiger partial charge in [-0.2, -0.15) is 16.7 Å². The number of aliphatic hydroxyl groups excluding tert-OH is 2. The molecule has 1 fully saturated rings. The van der Waals surface area contributed by atoms with Crippen molar-refractivity contribution in [1.29, 1.82) is 0 Å². The molecule has 0 unspecified atom stereocenters. The number of carbonyl (C=O) groups excluding carboxylic acids is 1. The first-order valence-corrected chi connectivity index (χ1v) is 13.2. The van der Waals surface area contributed by atoms with Gasteiger partial charge in [-0.25, -0.2) is 4.79 Å². The first-order valence-electron chi connectivity index (χ1n) is 12.0. The van der Waals surface area contributed by atoms with Crippen LogP contribution < -0.4 is 11.4 Å². The summed E-state index contributed by atoms with van der Waals surface area (Å²) in [6.07, 6.45) is 7.48. The van der Waals surface area contributed by atoms with E-state index in [1.165, 1.54) is 62.3 Å². The molecule has 1 aliphatic rings. The van der Waals surface area contributed by atoms with Crippen LogP contribution in [0.3, 0.4) is 0 Å². The molecule has 0 amide bonds. The predicted octanol–water partition coefficient (Wildman–Crippen LogP) is 2.64. The SMILES string of the molecule is CCSCCCCCCCCCCCC(=O)O[C@H]1[C@H](O)[C@@H](CO)O[C@H]1n1ccc(N)nc1=O. The first kappa shape index (κ1) is 27.6. The molecule has 1 aliphatic heterocycles. The molecule has 4 N–H and O–H groups in total. The molecule has 1 aromatic rings. The number of rotatable bonds is 16. The molecule has 2 rings (SSSR count). The van der Waals surface area contributed by atoms with Gasteiger partial charge in [0.2, 0.25) is 0 Å². The molecule has 2 heterocycles. The van der Waals surface area contributed by atoms with Gasteiger partial charge in [0.25, 0.3) is 0 Å². The highest BCUT2D eigenvalue weighted by Gasteiger charge is 2.47. The lowest BCUT2D eigenvalue weighted by molar-refractivity contribution is -0.159. The maximum atomic E-state index is 12.4. The van der Waals surface area contributed by atoms with E-state index in [-0.39, 0.29) is 12.2 Å². The third kappa shape index (κ3) is 9.27. The normalized spacial score (nSPS) is 22.5. The number of nitrogen functional groups attached to an aromatic ring is 1. The number of aliphatic hydroxyl groups is 2. The zero-order valence-electron chi connectivity index (χ0n) is 19.6. The lowest BCUT2D eigenvalue weighted by atomic mass is 10.1. The number of nitrogens with zero attached hydrogens (tertiary/aromatic N) is 2. The Morgan fingerprint density at radius 1 is 1.18 bits per heavy atom. The number of esters is 1. The molecule has 0 spiro atoms. The Kier molecular flexibility index (Phi) is 12.8. The van der Waals surface area contributed by atoms with Crippen molar-refractivity contribution in [3.63, 3.8) is 0 Å². The standard InChI is InChI=1S/C23H39N3O6S/c1-2-33-15-11-9-7-5-3-4-6-8-10-12-19(28)32-21-20(29)17(16-27)31-22(21)26-14-13-18(24)25-23(26)30/h13-14,17,20-22,27,29H,2-12,15-16H2,1H3,(H2,24,25,30)/t17-,20-,21+,22-/m1/s1. The van der Waals surface area contributed by atoms with Crippen molar-refractivity contribution >= 4 is 23.5 Å².